The number of rotatable bonds is 23. The molecule has 0 radical (unpaired) electrons. The SMILES string of the molecule is CCC1CCN(c2cc(Nc3cc(C)ns3)n3ncc(-c4cnn(C)c4)c3n2)CC1.CCC1CN(c2cc(Nc3cc(C)ns3)n3ncc(-c4cnn(C)c4)c3n2)C1.Cc1cc(Nc2cc(N3CCC(CN)CC3)nc3c(-c4cnn(C)c4)cnn23)sn1.Cc1cc(Nc2cc(N3CCCCNCC3)nc3c(-c4cnn(C)c4)cnn23)sn1.Cc1cc(Nc2cc(N3CCNCC3)nc3c(-c4cnn(C)c4)cnn23)sn1. The summed E-state index contributed by atoms with van der Waals surface area (Å²) in [5.41, 5.74) is 24.9. The Morgan fingerprint density at radius 3 is 0.795 bits per heavy atom. The highest BCUT2D eigenvalue weighted by atomic mass is 32.1. The van der Waals surface area contributed by atoms with Gasteiger partial charge in [0.25, 0.3) is 0 Å². The number of nitrogens with zero attached hydrogens (tertiary/aromatic N) is 35. The minimum Gasteiger partial charge on any atom is -0.356 e. The van der Waals surface area contributed by atoms with Crippen molar-refractivity contribution in [3.05, 3.63) is 182 Å². The summed E-state index contributed by atoms with van der Waals surface area (Å²) < 4.78 is 40.2. The first-order chi connectivity index (χ1) is 71.1. The summed E-state index contributed by atoms with van der Waals surface area (Å²) >= 11 is 7.23. The van der Waals surface area contributed by atoms with E-state index in [9.17, 15) is 0 Å². The molecular weight excluding hydrogens is 1940 g/mol. The van der Waals surface area contributed by atoms with Gasteiger partial charge in [0.2, 0.25) is 0 Å². The second-order valence-electron chi connectivity index (χ2n) is 37.6. The number of anilines is 15. The first kappa shape index (κ1) is 97.3. The van der Waals surface area contributed by atoms with E-state index >= 15 is 0 Å². The van der Waals surface area contributed by atoms with Crippen LogP contribution in [0.25, 0.3) is 83.9 Å². The maximum atomic E-state index is 5.88. The quantitative estimate of drug-likeness (QED) is 0.0295. The van der Waals surface area contributed by atoms with Crippen LogP contribution in [-0.4, -0.2) is 242 Å². The molecule has 5 aliphatic rings. The number of piperidine rings is 2. The Morgan fingerprint density at radius 1 is 0.295 bits per heavy atom. The predicted octanol–water partition coefficient (Wildman–Crippen LogP) is 15.4. The van der Waals surface area contributed by atoms with Gasteiger partial charge >= 0.3 is 0 Å². The number of hydrogen-bond acceptors (Lipinski definition) is 38. The van der Waals surface area contributed by atoms with Crippen LogP contribution in [0.5, 0.6) is 0 Å². The summed E-state index contributed by atoms with van der Waals surface area (Å²) in [7, 11) is 9.58. The van der Waals surface area contributed by atoms with Crippen LogP contribution >= 0.6 is 57.7 Å². The van der Waals surface area contributed by atoms with Crippen molar-refractivity contribution in [3.63, 3.8) is 0 Å². The molecule has 48 heteroatoms. The van der Waals surface area contributed by atoms with E-state index in [0.717, 1.165) is 325 Å². The van der Waals surface area contributed by atoms with Gasteiger partial charge in [-0.15, -0.1) is 0 Å². The molecular formula is C98H119N43S5. The second-order valence-corrected chi connectivity index (χ2v) is 41.7. The molecule has 9 N–H and O–H groups in total. The molecule has 756 valence electrons. The van der Waals surface area contributed by atoms with Crippen molar-refractivity contribution >= 4 is 169 Å². The lowest BCUT2D eigenvalue weighted by Gasteiger charge is -2.40. The molecule has 5 fully saturated rings. The standard InChI is InChI=1S/C21H26N8S.2C20H25N9S.C19H22N8S.C18H21N9S/c1-4-15-5-7-28(8-6-15)18-10-19(24-20-9-14(2)26-30-20)29-21(25-18)17(12-23-29)16-11-22-27(3)13-16;1-13-7-19(30-26-13)24-18-8-17(28-5-3-14(9-21)4-6-28)25-20-16(11-23-29(18)20)15-10-22-27(2)12-15;1-14-9-19(30-26-14)24-18-10-17(28-7-4-3-5-21-6-8-28)25-20-16(12-23-29(18)20)15-11-22-27(2)13-15;1-4-13-9-26(10-13)16-6-17(22-18-5-12(2)24-28-18)27-19(23-16)15(8-21-27)14-7-20-25(3)11-14;1-12-7-17(28-24-12)22-16-8-15(26-5-3-19-4-6-26)23-18-14(10-21-27(16)18)13-9-20-25(2)11-13/h9-13,15,24H,4-8H2,1-3H3;7-8,10-12,14,24H,3-6,9,21H2,1-2H3;9-13,21,24H,3-8H2,1-2H3;5-8,11,13,22H,4,9-10H2,1-3H3;7-11,19,22H,3-6H2,1-2H3. The van der Waals surface area contributed by atoms with Crippen LogP contribution in [0.2, 0.25) is 0 Å². The largest absolute Gasteiger partial charge is 0.356 e. The van der Waals surface area contributed by atoms with Crippen LogP contribution in [0.15, 0.2) is 154 Å². The highest BCUT2D eigenvalue weighted by Crippen LogP contribution is 2.40. The van der Waals surface area contributed by atoms with Gasteiger partial charge in [-0.25, -0.2) is 24.9 Å². The van der Waals surface area contributed by atoms with Crippen LogP contribution in [0.1, 0.15) is 93.7 Å². The summed E-state index contributed by atoms with van der Waals surface area (Å²) in [5.74, 6) is 11.4. The third-order valence-electron chi connectivity index (χ3n) is 26.8. The first-order valence-electron chi connectivity index (χ1n) is 49.4. The monoisotopic (exact) mass is 2060 g/mol. The molecule has 0 atom stereocenters. The molecule has 0 spiro atoms. The minimum absolute atomic E-state index is 0.601. The molecule has 20 aromatic heterocycles. The van der Waals surface area contributed by atoms with Gasteiger partial charge in [0.05, 0.1) is 90.4 Å². The fourth-order valence-corrected chi connectivity index (χ4v) is 22.0. The van der Waals surface area contributed by atoms with Crippen LogP contribution < -0.4 is 67.5 Å². The molecule has 0 bridgehead atoms. The Kier molecular flexibility index (Phi) is 28.8. The lowest BCUT2D eigenvalue weighted by Crippen LogP contribution is -2.46. The van der Waals surface area contributed by atoms with Crippen molar-refractivity contribution in [2.75, 3.05) is 149 Å². The van der Waals surface area contributed by atoms with Gasteiger partial charge < -0.3 is 67.5 Å². The molecule has 25 rings (SSSR count). The molecule has 5 saturated heterocycles. The van der Waals surface area contributed by atoms with Crippen LogP contribution in [0.3, 0.4) is 0 Å². The summed E-state index contributed by atoms with van der Waals surface area (Å²) in [6.45, 7) is 29.1. The van der Waals surface area contributed by atoms with Crippen molar-refractivity contribution in [3.8, 4) is 55.6 Å². The lowest BCUT2D eigenvalue weighted by atomic mass is 9.94. The Labute approximate surface area is 863 Å². The Bertz CT molecular complexity index is 7670. The van der Waals surface area contributed by atoms with Gasteiger partial charge in [-0.3, -0.25) is 23.4 Å². The molecule has 43 nitrogen and oxygen atoms in total. The average Bonchev–Trinajstić information content (AvgIpc) is 1.61. The van der Waals surface area contributed by atoms with Crippen molar-refractivity contribution in [2.24, 2.45) is 58.7 Å². The number of nitrogens with two attached hydrogens (primary N) is 1. The fourth-order valence-electron chi connectivity index (χ4n) is 18.7. The number of nitrogens with one attached hydrogen (secondary N) is 7. The Balaban J connectivity index is 0.000000107. The topological polar surface area (TPSA) is 431 Å². The third kappa shape index (κ3) is 21.8. The number of hydrogen-bond donors (Lipinski definition) is 8. The van der Waals surface area contributed by atoms with Gasteiger partial charge in [0, 0.05) is 237 Å². The van der Waals surface area contributed by atoms with Gasteiger partial charge in [-0.2, -0.15) is 95.4 Å². The molecule has 0 unspecified atom stereocenters. The predicted molar refractivity (Wildman–Crippen MR) is 581 cm³/mol. The van der Waals surface area contributed by atoms with Crippen molar-refractivity contribution in [2.45, 2.75) is 99.8 Å². The van der Waals surface area contributed by atoms with E-state index in [0.29, 0.717) is 5.92 Å². The van der Waals surface area contributed by atoms with E-state index in [1.54, 1.807) is 23.4 Å². The third-order valence-corrected chi connectivity index (χ3v) is 30.7. The zero-order valence-corrected chi connectivity index (χ0v) is 87.8. The molecule has 146 heavy (non-hydrogen) atoms. The van der Waals surface area contributed by atoms with Gasteiger partial charge in [-0.05, 0) is 198 Å². The van der Waals surface area contributed by atoms with Crippen LogP contribution in [0, 0.1) is 52.4 Å². The van der Waals surface area contributed by atoms with E-state index in [1.807, 2.05) is 210 Å². The second kappa shape index (κ2) is 43.2. The summed E-state index contributed by atoms with van der Waals surface area (Å²) in [4.78, 5) is 36.7. The van der Waals surface area contributed by atoms with Crippen molar-refractivity contribution in [1.82, 2.24) is 154 Å². The molecule has 0 aromatic carbocycles. The van der Waals surface area contributed by atoms with E-state index in [1.165, 1.54) is 89.8 Å². The summed E-state index contributed by atoms with van der Waals surface area (Å²) in [5, 5.41) is 73.9. The summed E-state index contributed by atoms with van der Waals surface area (Å²) in [6.07, 6.45) is 37.9. The van der Waals surface area contributed by atoms with Crippen molar-refractivity contribution < 1.29 is 0 Å². The lowest BCUT2D eigenvalue weighted by molar-refractivity contribution is 0.394. The highest BCUT2D eigenvalue weighted by Gasteiger charge is 2.31. The van der Waals surface area contributed by atoms with Gasteiger partial charge in [0.1, 0.15) is 83.2 Å². The van der Waals surface area contributed by atoms with E-state index in [4.69, 9.17) is 30.7 Å². The number of aryl methyl sites for hydroxylation is 10. The molecule has 0 saturated carbocycles. The van der Waals surface area contributed by atoms with Crippen LogP contribution in [0.4, 0.5) is 83.2 Å². The zero-order chi connectivity index (χ0) is 100. The first-order valence-corrected chi connectivity index (χ1v) is 53.3. The van der Waals surface area contributed by atoms with Gasteiger partial charge in [-0.1, -0.05) is 20.3 Å². The van der Waals surface area contributed by atoms with E-state index < -0.39 is 0 Å². The number of piperazine rings is 1. The average molecular weight is 2060 g/mol. The van der Waals surface area contributed by atoms with E-state index in [-0.39, 0.29) is 0 Å². The fraction of sp³-hybridized carbons (Fsp3) is 0.388. The molecule has 25 heterocycles. The highest BCUT2D eigenvalue weighted by molar-refractivity contribution is 7.11. The maximum absolute atomic E-state index is 5.88. The molecule has 0 amide bonds. The van der Waals surface area contributed by atoms with Crippen molar-refractivity contribution in [1.29, 1.82) is 0 Å². The molecule has 20 aromatic rings. The van der Waals surface area contributed by atoms with Crippen LogP contribution in [-0.2, 0) is 35.2 Å². The minimum atomic E-state index is 0.601. The maximum Gasteiger partial charge on any atom is 0.167 e. The summed E-state index contributed by atoms with van der Waals surface area (Å²) in [6, 6.07) is 20.6. The normalized spacial score (nSPS) is 15.0. The molecule has 5 aliphatic heterocycles. The Morgan fingerprint density at radius 2 is 0.548 bits per heavy atom. The number of aromatic nitrogens is 30. The zero-order valence-electron chi connectivity index (χ0n) is 83.7. The van der Waals surface area contributed by atoms with E-state index in [2.05, 4.69) is 185 Å². The van der Waals surface area contributed by atoms with Gasteiger partial charge in [0.15, 0.2) is 28.2 Å². The molecule has 0 aliphatic carbocycles. The number of fused-ring (bicyclic) bond motifs is 5. The smallest absolute Gasteiger partial charge is 0.167 e. The Hall–Kier alpha value is -14.8.